The fourth-order valence-corrected chi connectivity index (χ4v) is 3.17. The molecule has 138 valence electrons. The van der Waals surface area contributed by atoms with E-state index in [0.29, 0.717) is 22.6 Å². The van der Waals surface area contributed by atoms with Crippen molar-refractivity contribution in [2.24, 2.45) is 0 Å². The van der Waals surface area contributed by atoms with E-state index in [0.717, 1.165) is 16.6 Å². The molecule has 0 aliphatic heterocycles. The number of nitrogens with zero attached hydrogens (tertiary/aromatic N) is 2. The van der Waals surface area contributed by atoms with Crippen LogP contribution in [-0.2, 0) is 0 Å². The van der Waals surface area contributed by atoms with Crippen molar-refractivity contribution in [3.8, 4) is 11.5 Å². The third kappa shape index (κ3) is 5.16. The van der Waals surface area contributed by atoms with Crippen LogP contribution in [0.1, 0.15) is 13.8 Å². The Kier molecular flexibility index (Phi) is 6.91. The first kappa shape index (κ1) is 19.7. The lowest BCUT2D eigenvalue weighted by Crippen LogP contribution is -1.96. The number of thioether (sulfide) groups is 1. The number of fused-ring (bicyclic) bond motifs is 1. The first-order chi connectivity index (χ1) is 12.4. The van der Waals surface area contributed by atoms with Crippen LogP contribution in [0.4, 0.5) is 11.5 Å². The summed E-state index contributed by atoms with van der Waals surface area (Å²) in [6.07, 6.45) is 1.42. The molecule has 6 nitrogen and oxygen atoms in total. The van der Waals surface area contributed by atoms with E-state index in [1.807, 2.05) is 30.0 Å². The highest BCUT2D eigenvalue weighted by molar-refractivity contribution is 7.99. The molecule has 0 atom stereocenters. The maximum atomic E-state index is 5.72. The molecule has 1 heterocycles. The monoisotopic (exact) mass is 372 g/mol. The quantitative estimate of drug-likeness (QED) is 0.528. The van der Waals surface area contributed by atoms with E-state index in [1.165, 1.54) is 11.2 Å². The van der Waals surface area contributed by atoms with Gasteiger partial charge in [0.05, 0.1) is 19.7 Å². The molecule has 3 aromatic rings. The number of hydrogen-bond acceptors (Lipinski definition) is 7. The highest BCUT2D eigenvalue weighted by Crippen LogP contribution is 2.32. The fraction of sp³-hybridized carbons (Fsp3) is 0.263. The maximum absolute atomic E-state index is 5.72. The standard InChI is InChI=1S/C10H11N3O2.C9H13NS/c1-14-8-3-6-7(4-9(8)15-2)12-5-13-10(6)11;1-7(2)11-9-5-3-4-8(10)6-9/h3-5H,1-2H3,(H2,11,12,13);3-7H,10H2,1-2H3. The van der Waals surface area contributed by atoms with Crippen LogP contribution in [0.2, 0.25) is 0 Å². The number of nitrogen functional groups attached to an aromatic ring is 2. The third-order valence-corrected chi connectivity index (χ3v) is 4.40. The van der Waals surface area contributed by atoms with Crippen LogP contribution in [0.25, 0.3) is 10.9 Å². The van der Waals surface area contributed by atoms with E-state index in [2.05, 4.69) is 29.9 Å². The molecule has 3 rings (SSSR count). The number of anilines is 2. The Morgan fingerprint density at radius 2 is 1.65 bits per heavy atom. The molecule has 7 heteroatoms. The van der Waals surface area contributed by atoms with Crippen molar-refractivity contribution in [1.29, 1.82) is 0 Å². The minimum absolute atomic E-state index is 0.431. The molecule has 0 saturated heterocycles. The minimum atomic E-state index is 0.431. The molecule has 0 aliphatic carbocycles. The second-order valence-electron chi connectivity index (χ2n) is 5.72. The Morgan fingerprint density at radius 1 is 0.962 bits per heavy atom. The summed E-state index contributed by atoms with van der Waals surface area (Å²) < 4.78 is 10.3. The minimum Gasteiger partial charge on any atom is -0.493 e. The van der Waals surface area contributed by atoms with Gasteiger partial charge in [-0.15, -0.1) is 11.8 Å². The number of nitrogens with two attached hydrogens (primary N) is 2. The number of benzene rings is 2. The normalized spacial score (nSPS) is 10.3. The molecule has 0 spiro atoms. The van der Waals surface area contributed by atoms with Crippen LogP contribution in [0.15, 0.2) is 47.6 Å². The van der Waals surface area contributed by atoms with Crippen molar-refractivity contribution in [1.82, 2.24) is 9.97 Å². The van der Waals surface area contributed by atoms with Crippen LogP contribution < -0.4 is 20.9 Å². The lowest BCUT2D eigenvalue weighted by atomic mass is 10.2. The van der Waals surface area contributed by atoms with E-state index >= 15 is 0 Å². The lowest BCUT2D eigenvalue weighted by Gasteiger charge is -2.08. The molecular weight excluding hydrogens is 348 g/mol. The smallest absolute Gasteiger partial charge is 0.162 e. The average Bonchev–Trinajstić information content (AvgIpc) is 2.61. The van der Waals surface area contributed by atoms with Crippen molar-refractivity contribution in [2.75, 3.05) is 25.7 Å². The van der Waals surface area contributed by atoms with Crippen molar-refractivity contribution in [3.63, 3.8) is 0 Å². The zero-order valence-corrected chi connectivity index (χ0v) is 16.2. The van der Waals surface area contributed by atoms with Crippen molar-refractivity contribution in [2.45, 2.75) is 24.0 Å². The highest BCUT2D eigenvalue weighted by Gasteiger charge is 2.08. The Labute approximate surface area is 157 Å². The molecular formula is C19H24N4O2S. The average molecular weight is 372 g/mol. The van der Waals surface area contributed by atoms with Gasteiger partial charge in [0.1, 0.15) is 12.1 Å². The van der Waals surface area contributed by atoms with Gasteiger partial charge in [0.25, 0.3) is 0 Å². The maximum Gasteiger partial charge on any atom is 0.162 e. The molecule has 0 radical (unpaired) electrons. The van der Waals surface area contributed by atoms with Gasteiger partial charge >= 0.3 is 0 Å². The summed E-state index contributed by atoms with van der Waals surface area (Å²) >= 11 is 1.83. The molecule has 0 unspecified atom stereocenters. The van der Waals surface area contributed by atoms with E-state index < -0.39 is 0 Å². The third-order valence-electron chi connectivity index (χ3n) is 3.40. The van der Waals surface area contributed by atoms with Gasteiger partial charge in [-0.1, -0.05) is 19.9 Å². The first-order valence-corrected chi connectivity index (χ1v) is 8.97. The zero-order chi connectivity index (χ0) is 19.1. The van der Waals surface area contributed by atoms with Crippen LogP contribution in [-0.4, -0.2) is 29.4 Å². The van der Waals surface area contributed by atoms with E-state index in [9.17, 15) is 0 Å². The van der Waals surface area contributed by atoms with Gasteiger partial charge in [-0.05, 0) is 24.3 Å². The number of aromatic nitrogens is 2. The van der Waals surface area contributed by atoms with Gasteiger partial charge in [0, 0.05) is 27.3 Å². The summed E-state index contributed by atoms with van der Waals surface area (Å²) in [5.41, 5.74) is 12.9. The first-order valence-electron chi connectivity index (χ1n) is 8.09. The largest absolute Gasteiger partial charge is 0.493 e. The summed E-state index contributed by atoms with van der Waals surface area (Å²) in [6, 6.07) is 11.5. The SMILES string of the molecule is CC(C)Sc1cccc(N)c1.COc1cc2ncnc(N)c2cc1OC. The topological polar surface area (TPSA) is 96.3 Å². The van der Waals surface area contributed by atoms with Crippen molar-refractivity contribution >= 4 is 34.2 Å². The molecule has 0 fully saturated rings. The number of rotatable bonds is 4. The number of hydrogen-bond donors (Lipinski definition) is 2. The second-order valence-corrected chi connectivity index (χ2v) is 7.37. The van der Waals surface area contributed by atoms with E-state index in [4.69, 9.17) is 20.9 Å². The Hall–Kier alpha value is -2.67. The molecule has 0 amide bonds. The summed E-state index contributed by atoms with van der Waals surface area (Å²) in [4.78, 5) is 9.26. The molecule has 0 bridgehead atoms. The molecule has 0 saturated carbocycles. The van der Waals surface area contributed by atoms with Gasteiger partial charge in [0.2, 0.25) is 0 Å². The molecule has 26 heavy (non-hydrogen) atoms. The highest BCUT2D eigenvalue weighted by atomic mass is 32.2. The van der Waals surface area contributed by atoms with Gasteiger partial charge in [0.15, 0.2) is 11.5 Å². The van der Waals surface area contributed by atoms with Gasteiger partial charge in [-0.2, -0.15) is 0 Å². The number of methoxy groups -OCH3 is 2. The predicted molar refractivity (Wildman–Crippen MR) is 109 cm³/mol. The summed E-state index contributed by atoms with van der Waals surface area (Å²) in [6.45, 7) is 4.35. The Bertz CT molecular complexity index is 871. The summed E-state index contributed by atoms with van der Waals surface area (Å²) in [5, 5.41) is 1.38. The van der Waals surface area contributed by atoms with Crippen LogP contribution >= 0.6 is 11.8 Å². The van der Waals surface area contributed by atoms with Crippen molar-refractivity contribution in [3.05, 3.63) is 42.7 Å². The Balaban J connectivity index is 0.000000197. The van der Waals surface area contributed by atoms with Crippen molar-refractivity contribution < 1.29 is 9.47 Å². The molecule has 0 aliphatic rings. The predicted octanol–water partition coefficient (Wildman–Crippen LogP) is 4.00. The lowest BCUT2D eigenvalue weighted by molar-refractivity contribution is 0.356. The van der Waals surface area contributed by atoms with E-state index in [1.54, 1.807) is 26.4 Å². The summed E-state index contributed by atoms with van der Waals surface area (Å²) in [7, 11) is 3.15. The van der Waals surface area contributed by atoms with Crippen LogP contribution in [0, 0.1) is 0 Å². The second kappa shape index (κ2) is 9.15. The fourth-order valence-electron chi connectivity index (χ4n) is 2.26. The van der Waals surface area contributed by atoms with Gasteiger partial charge < -0.3 is 20.9 Å². The number of ether oxygens (including phenoxy) is 2. The van der Waals surface area contributed by atoms with E-state index in [-0.39, 0.29) is 0 Å². The van der Waals surface area contributed by atoms with Gasteiger partial charge in [-0.3, -0.25) is 0 Å². The zero-order valence-electron chi connectivity index (χ0n) is 15.4. The summed E-state index contributed by atoms with van der Waals surface area (Å²) in [5.74, 6) is 1.68. The molecule has 1 aromatic heterocycles. The van der Waals surface area contributed by atoms with Crippen LogP contribution in [0.5, 0.6) is 11.5 Å². The Morgan fingerprint density at radius 3 is 2.27 bits per heavy atom. The van der Waals surface area contributed by atoms with Gasteiger partial charge in [-0.25, -0.2) is 9.97 Å². The molecule has 2 aromatic carbocycles. The molecule has 4 N–H and O–H groups in total. The van der Waals surface area contributed by atoms with Crippen LogP contribution in [0.3, 0.4) is 0 Å².